The quantitative estimate of drug-likeness (QED) is 0.931. The van der Waals surface area contributed by atoms with Crippen LogP contribution in [0.15, 0.2) is 6.07 Å². The van der Waals surface area contributed by atoms with Crippen LogP contribution in [-0.2, 0) is 13.5 Å². The molecule has 1 atom stereocenters. The van der Waals surface area contributed by atoms with Crippen molar-refractivity contribution in [3.63, 3.8) is 0 Å². The van der Waals surface area contributed by atoms with Crippen molar-refractivity contribution >= 4 is 34.5 Å². The van der Waals surface area contributed by atoms with E-state index in [9.17, 15) is 5.11 Å². The Balaban J connectivity index is 2.14. The second-order valence-corrected chi connectivity index (χ2v) is 5.48. The lowest BCUT2D eigenvalue weighted by Gasteiger charge is -2.05. The van der Waals surface area contributed by atoms with Gasteiger partial charge in [0.1, 0.15) is 4.34 Å². The van der Waals surface area contributed by atoms with Crippen molar-refractivity contribution in [3.05, 3.63) is 26.1 Å². The molecule has 0 aromatic carbocycles. The average molecular weight is 279 g/mol. The van der Waals surface area contributed by atoms with Gasteiger partial charge in [0.2, 0.25) is 0 Å². The molecule has 0 saturated heterocycles. The maximum Gasteiger partial charge on any atom is 0.177 e. The third kappa shape index (κ3) is 2.52. The van der Waals surface area contributed by atoms with E-state index < -0.39 is 6.10 Å². The fourth-order valence-corrected chi connectivity index (χ4v) is 2.84. The maximum atomic E-state index is 9.92. The second kappa shape index (κ2) is 4.67. The van der Waals surface area contributed by atoms with Crippen LogP contribution in [0, 0.1) is 0 Å². The predicted octanol–water partition coefficient (Wildman–Crippen LogP) is 1.85. The first-order chi connectivity index (χ1) is 7.56. The summed E-state index contributed by atoms with van der Waals surface area (Å²) in [5.41, 5.74) is 0.601. The molecule has 16 heavy (non-hydrogen) atoms. The standard InChI is InChI=1S/C8H8Cl2N4OS/c1-14-12-7(11-13-14)3-5(15)4-2-6(9)16-8(4)10/h2,5,15H,3H2,1H3. The molecule has 8 heteroatoms. The van der Waals surface area contributed by atoms with Gasteiger partial charge in [0.25, 0.3) is 0 Å². The van der Waals surface area contributed by atoms with Crippen molar-refractivity contribution in [1.82, 2.24) is 20.2 Å². The molecule has 0 amide bonds. The summed E-state index contributed by atoms with van der Waals surface area (Å²) in [4.78, 5) is 1.34. The zero-order valence-electron chi connectivity index (χ0n) is 8.26. The summed E-state index contributed by atoms with van der Waals surface area (Å²) < 4.78 is 1.03. The van der Waals surface area contributed by atoms with E-state index in [-0.39, 0.29) is 6.42 Å². The van der Waals surface area contributed by atoms with Gasteiger partial charge in [-0.2, -0.15) is 4.80 Å². The zero-order valence-corrected chi connectivity index (χ0v) is 10.6. The topological polar surface area (TPSA) is 63.8 Å². The van der Waals surface area contributed by atoms with E-state index in [0.29, 0.717) is 20.1 Å². The van der Waals surface area contributed by atoms with Gasteiger partial charge in [-0.15, -0.1) is 21.5 Å². The van der Waals surface area contributed by atoms with Gasteiger partial charge in [-0.1, -0.05) is 23.2 Å². The van der Waals surface area contributed by atoms with E-state index in [2.05, 4.69) is 15.4 Å². The number of hydrogen-bond acceptors (Lipinski definition) is 5. The van der Waals surface area contributed by atoms with E-state index in [1.807, 2.05) is 0 Å². The molecule has 5 nitrogen and oxygen atoms in total. The Labute approximate surface area is 106 Å². The highest BCUT2D eigenvalue weighted by Crippen LogP contribution is 2.35. The van der Waals surface area contributed by atoms with Crippen LogP contribution in [0.25, 0.3) is 0 Å². The lowest BCUT2D eigenvalue weighted by atomic mass is 10.1. The molecule has 0 radical (unpaired) electrons. The molecule has 2 heterocycles. The summed E-state index contributed by atoms with van der Waals surface area (Å²) >= 11 is 12.9. The van der Waals surface area contributed by atoms with Gasteiger partial charge >= 0.3 is 0 Å². The number of aliphatic hydroxyl groups excluding tert-OH is 1. The van der Waals surface area contributed by atoms with E-state index in [1.165, 1.54) is 16.1 Å². The molecule has 0 spiro atoms. The van der Waals surface area contributed by atoms with Crippen LogP contribution in [0.5, 0.6) is 0 Å². The summed E-state index contributed by atoms with van der Waals surface area (Å²) in [5.74, 6) is 0.466. The molecule has 0 aliphatic rings. The highest BCUT2D eigenvalue weighted by Gasteiger charge is 2.17. The van der Waals surface area contributed by atoms with Gasteiger partial charge in [-0.05, 0) is 11.3 Å². The SMILES string of the molecule is Cn1nnc(CC(O)c2cc(Cl)sc2Cl)n1. The number of rotatable bonds is 3. The van der Waals surface area contributed by atoms with Gasteiger partial charge < -0.3 is 5.11 Å². The molecule has 2 rings (SSSR count). The van der Waals surface area contributed by atoms with Crippen molar-refractivity contribution in [3.8, 4) is 0 Å². The van der Waals surface area contributed by atoms with Crippen LogP contribution >= 0.6 is 34.5 Å². The molecule has 0 aliphatic heterocycles. The molecule has 0 fully saturated rings. The first-order valence-electron chi connectivity index (χ1n) is 4.42. The third-order valence-corrected chi connectivity index (χ3v) is 3.49. The molecule has 0 saturated carbocycles. The minimum Gasteiger partial charge on any atom is -0.388 e. The Bertz CT molecular complexity index is 498. The number of nitrogens with zero attached hydrogens (tertiary/aromatic N) is 4. The number of thiophene rings is 1. The number of halogens is 2. The van der Waals surface area contributed by atoms with Crippen molar-refractivity contribution < 1.29 is 5.11 Å². The normalized spacial score (nSPS) is 13.0. The second-order valence-electron chi connectivity index (χ2n) is 3.19. The van der Waals surface area contributed by atoms with Crippen LogP contribution in [0.3, 0.4) is 0 Å². The molecule has 1 N–H and O–H groups in total. The Kier molecular flexibility index (Phi) is 3.44. The summed E-state index contributed by atoms with van der Waals surface area (Å²) in [6.07, 6.45) is -0.499. The molecular weight excluding hydrogens is 271 g/mol. The Hall–Kier alpha value is -0.690. The third-order valence-electron chi connectivity index (χ3n) is 1.97. The van der Waals surface area contributed by atoms with Gasteiger partial charge in [-0.25, -0.2) is 0 Å². The van der Waals surface area contributed by atoms with E-state index >= 15 is 0 Å². The van der Waals surface area contributed by atoms with E-state index in [1.54, 1.807) is 13.1 Å². The highest BCUT2D eigenvalue weighted by atomic mass is 35.5. The number of aromatic nitrogens is 4. The van der Waals surface area contributed by atoms with Crippen molar-refractivity contribution in [1.29, 1.82) is 0 Å². The fourth-order valence-electron chi connectivity index (χ4n) is 1.27. The van der Waals surface area contributed by atoms with Crippen molar-refractivity contribution in [2.45, 2.75) is 12.5 Å². The number of aryl methyl sites for hydroxylation is 1. The summed E-state index contributed by atoms with van der Waals surface area (Å²) in [5, 5.41) is 21.4. The predicted molar refractivity (Wildman–Crippen MR) is 61.8 cm³/mol. The molecule has 0 bridgehead atoms. The van der Waals surface area contributed by atoms with Gasteiger partial charge in [0.15, 0.2) is 5.82 Å². The lowest BCUT2D eigenvalue weighted by molar-refractivity contribution is 0.176. The lowest BCUT2D eigenvalue weighted by Crippen LogP contribution is -2.03. The smallest absolute Gasteiger partial charge is 0.177 e. The van der Waals surface area contributed by atoms with E-state index in [4.69, 9.17) is 23.2 Å². The zero-order chi connectivity index (χ0) is 11.7. The summed E-state index contributed by atoms with van der Waals surface area (Å²) in [6, 6.07) is 1.65. The first kappa shape index (κ1) is 11.8. The minimum absolute atomic E-state index is 0.265. The van der Waals surface area contributed by atoms with Crippen LogP contribution in [0.4, 0.5) is 0 Å². The molecular formula is C8H8Cl2N4OS. The van der Waals surface area contributed by atoms with Crippen LogP contribution in [0.2, 0.25) is 8.67 Å². The minimum atomic E-state index is -0.763. The molecule has 2 aromatic heterocycles. The maximum absolute atomic E-state index is 9.92. The molecule has 0 aliphatic carbocycles. The molecule has 86 valence electrons. The number of hydrogen-bond donors (Lipinski definition) is 1. The largest absolute Gasteiger partial charge is 0.388 e. The Morgan fingerprint density at radius 2 is 2.31 bits per heavy atom. The van der Waals surface area contributed by atoms with Crippen molar-refractivity contribution in [2.24, 2.45) is 7.05 Å². The molecule has 2 aromatic rings. The van der Waals surface area contributed by atoms with Crippen LogP contribution < -0.4 is 0 Å². The molecule has 1 unspecified atom stereocenters. The summed E-state index contributed by atoms with van der Waals surface area (Å²) in [6.45, 7) is 0. The van der Waals surface area contributed by atoms with Crippen LogP contribution in [-0.4, -0.2) is 25.3 Å². The Morgan fingerprint density at radius 1 is 1.56 bits per heavy atom. The monoisotopic (exact) mass is 278 g/mol. The Morgan fingerprint density at radius 3 is 2.81 bits per heavy atom. The van der Waals surface area contributed by atoms with Gasteiger partial charge in [0.05, 0.1) is 17.5 Å². The fraction of sp³-hybridized carbons (Fsp3) is 0.375. The number of aliphatic hydroxyl groups is 1. The number of tetrazole rings is 1. The summed E-state index contributed by atoms with van der Waals surface area (Å²) in [7, 11) is 1.66. The highest BCUT2D eigenvalue weighted by molar-refractivity contribution is 7.20. The van der Waals surface area contributed by atoms with E-state index in [0.717, 1.165) is 0 Å². The van der Waals surface area contributed by atoms with Crippen molar-refractivity contribution in [2.75, 3.05) is 0 Å². The van der Waals surface area contributed by atoms with Gasteiger partial charge in [0, 0.05) is 12.0 Å². The average Bonchev–Trinajstić information content (AvgIpc) is 2.73. The van der Waals surface area contributed by atoms with Crippen LogP contribution in [0.1, 0.15) is 17.5 Å². The van der Waals surface area contributed by atoms with Gasteiger partial charge in [-0.3, -0.25) is 0 Å². The first-order valence-corrected chi connectivity index (χ1v) is 5.99.